The van der Waals surface area contributed by atoms with E-state index in [2.05, 4.69) is 20.1 Å². The Balaban J connectivity index is 2.19. The fourth-order valence-corrected chi connectivity index (χ4v) is 7.17. The average Bonchev–Trinajstić information content (AvgIpc) is 3.46. The Morgan fingerprint density at radius 2 is 1.81 bits per heavy atom. The van der Waals surface area contributed by atoms with Gasteiger partial charge in [0.25, 0.3) is 0 Å². The number of aliphatic hydroxyl groups is 1. The van der Waals surface area contributed by atoms with Crippen LogP contribution in [0.5, 0.6) is 0 Å². The maximum atomic E-state index is 14.5. The molecule has 3 aliphatic heterocycles. The number of aliphatic hydroxyl groups excluding tert-OH is 1. The van der Waals surface area contributed by atoms with Gasteiger partial charge in [0.15, 0.2) is 0 Å². The van der Waals surface area contributed by atoms with Gasteiger partial charge in [-0.15, -0.1) is 13.2 Å². The Hall–Kier alpha value is -2.19. The zero-order valence-electron chi connectivity index (χ0n) is 23.6. The van der Waals surface area contributed by atoms with Gasteiger partial charge in [0.2, 0.25) is 17.7 Å². The first-order valence-electron chi connectivity index (χ1n) is 13.9. The van der Waals surface area contributed by atoms with E-state index in [1.54, 1.807) is 33.9 Å². The number of nitrogens with zero attached hydrogens (tertiary/aromatic N) is 3. The molecule has 7 atom stereocenters. The van der Waals surface area contributed by atoms with Crippen LogP contribution in [-0.4, -0.2) is 93.6 Å². The second-order valence-corrected chi connectivity index (χ2v) is 11.5. The lowest BCUT2D eigenvalue weighted by molar-refractivity contribution is -0.159. The minimum absolute atomic E-state index is 0.0515. The van der Waals surface area contributed by atoms with Crippen LogP contribution < -0.4 is 0 Å². The van der Waals surface area contributed by atoms with Gasteiger partial charge in [0.05, 0.1) is 30.1 Å². The fourth-order valence-electron chi connectivity index (χ4n) is 7.17. The summed E-state index contributed by atoms with van der Waals surface area (Å²) < 4.78 is 6.87. The summed E-state index contributed by atoms with van der Waals surface area (Å²) in [7, 11) is 1.72. The molecule has 208 valence electrons. The van der Waals surface area contributed by atoms with Crippen molar-refractivity contribution < 1.29 is 24.2 Å². The lowest BCUT2D eigenvalue weighted by atomic mass is 9.64. The molecule has 3 aliphatic rings. The highest BCUT2D eigenvalue weighted by Gasteiger charge is 2.79. The number of fused-ring (bicyclic) bond motifs is 1. The van der Waals surface area contributed by atoms with Gasteiger partial charge in [-0.3, -0.25) is 14.4 Å². The monoisotopic (exact) mass is 517 g/mol. The third kappa shape index (κ3) is 4.54. The van der Waals surface area contributed by atoms with Crippen molar-refractivity contribution in [2.45, 2.75) is 96.1 Å². The smallest absolute Gasteiger partial charge is 0.248 e. The van der Waals surface area contributed by atoms with Crippen molar-refractivity contribution in [1.82, 2.24) is 14.7 Å². The number of hydrogen-bond donors (Lipinski definition) is 1. The van der Waals surface area contributed by atoms with Crippen molar-refractivity contribution in [3.63, 3.8) is 0 Å². The average molecular weight is 518 g/mol. The molecule has 3 heterocycles. The van der Waals surface area contributed by atoms with Gasteiger partial charge in [-0.05, 0) is 38.5 Å². The Bertz CT molecular complexity index is 906. The Labute approximate surface area is 222 Å². The molecule has 3 fully saturated rings. The zero-order chi connectivity index (χ0) is 27.7. The number of hydrogen-bond acceptors (Lipinski definition) is 5. The van der Waals surface area contributed by atoms with Crippen LogP contribution in [0.2, 0.25) is 0 Å². The number of likely N-dealkylation sites (N-methyl/N-ethyl adjacent to an activating group) is 1. The highest BCUT2D eigenvalue weighted by Crippen LogP contribution is 2.65. The quantitative estimate of drug-likeness (QED) is 0.379. The second-order valence-electron chi connectivity index (χ2n) is 11.5. The Morgan fingerprint density at radius 3 is 2.32 bits per heavy atom. The largest absolute Gasteiger partial charge is 0.394 e. The van der Waals surface area contributed by atoms with E-state index in [4.69, 9.17) is 4.74 Å². The summed E-state index contributed by atoms with van der Waals surface area (Å²) in [4.78, 5) is 47.7. The molecule has 0 aromatic carbocycles. The van der Waals surface area contributed by atoms with Gasteiger partial charge >= 0.3 is 0 Å². The first-order valence-corrected chi connectivity index (χ1v) is 13.9. The number of ether oxygens (including phenoxy) is 1. The van der Waals surface area contributed by atoms with Crippen molar-refractivity contribution >= 4 is 17.7 Å². The Morgan fingerprint density at radius 1 is 1.16 bits per heavy atom. The molecular weight excluding hydrogens is 470 g/mol. The molecule has 3 saturated heterocycles. The standard InChI is InChI=1S/C29H47N3O5/c1-9-13-20(7)31(17-11-3)27(36)24-29-15-14-28(12-4,37-29)22(25(34)30(8)16-10-2)23(29)26(35)32(24)21(18-33)19(5)6/h10-11,19-24,33H,2-3,9,12-18H2,1,4-8H3/t20?,21-,22+,23-,24?,28-,29?/m0/s1. The van der Waals surface area contributed by atoms with Crippen LogP contribution in [0.25, 0.3) is 0 Å². The van der Waals surface area contributed by atoms with Crippen LogP contribution in [0.1, 0.15) is 66.7 Å². The molecule has 8 heteroatoms. The fraction of sp³-hybridized carbons (Fsp3) is 0.759. The summed E-state index contributed by atoms with van der Waals surface area (Å²) in [6.45, 7) is 18.0. The van der Waals surface area contributed by atoms with E-state index in [-0.39, 0.29) is 36.3 Å². The van der Waals surface area contributed by atoms with Crippen LogP contribution in [0.4, 0.5) is 0 Å². The molecule has 37 heavy (non-hydrogen) atoms. The minimum Gasteiger partial charge on any atom is -0.394 e. The summed E-state index contributed by atoms with van der Waals surface area (Å²) in [5.41, 5.74) is -1.89. The van der Waals surface area contributed by atoms with Crippen LogP contribution in [0, 0.1) is 17.8 Å². The maximum Gasteiger partial charge on any atom is 0.248 e. The summed E-state index contributed by atoms with van der Waals surface area (Å²) in [5.74, 6) is -2.13. The molecule has 3 unspecified atom stereocenters. The van der Waals surface area contributed by atoms with E-state index in [1.807, 2.05) is 27.7 Å². The highest BCUT2D eigenvalue weighted by atomic mass is 16.5. The van der Waals surface area contributed by atoms with Crippen molar-refractivity contribution in [3.05, 3.63) is 25.3 Å². The van der Waals surface area contributed by atoms with E-state index in [0.29, 0.717) is 32.4 Å². The first kappa shape index (κ1) is 29.4. The second kappa shape index (κ2) is 11.3. The molecule has 0 saturated carbocycles. The van der Waals surface area contributed by atoms with E-state index in [1.165, 1.54) is 0 Å². The van der Waals surface area contributed by atoms with E-state index >= 15 is 0 Å². The van der Waals surface area contributed by atoms with Gasteiger partial charge < -0.3 is 24.5 Å². The normalized spacial score (nSPS) is 31.8. The molecule has 1 N–H and O–H groups in total. The van der Waals surface area contributed by atoms with Crippen molar-refractivity contribution in [2.24, 2.45) is 17.8 Å². The topological polar surface area (TPSA) is 90.4 Å². The molecule has 8 nitrogen and oxygen atoms in total. The predicted molar refractivity (Wildman–Crippen MR) is 144 cm³/mol. The van der Waals surface area contributed by atoms with Gasteiger partial charge in [-0.25, -0.2) is 0 Å². The molecule has 0 aliphatic carbocycles. The van der Waals surface area contributed by atoms with Gasteiger partial charge in [-0.2, -0.15) is 0 Å². The van der Waals surface area contributed by atoms with Crippen LogP contribution in [0.3, 0.4) is 0 Å². The summed E-state index contributed by atoms with van der Waals surface area (Å²) in [5, 5.41) is 10.4. The number of carbonyl (C=O) groups excluding carboxylic acids is 3. The summed E-state index contributed by atoms with van der Waals surface area (Å²) >= 11 is 0. The van der Waals surface area contributed by atoms with Crippen LogP contribution >= 0.6 is 0 Å². The molecule has 3 amide bonds. The highest BCUT2D eigenvalue weighted by molar-refractivity contribution is 5.99. The Kier molecular flexibility index (Phi) is 8.95. The van der Waals surface area contributed by atoms with Crippen molar-refractivity contribution in [1.29, 1.82) is 0 Å². The lowest BCUT2D eigenvalue weighted by Crippen LogP contribution is -2.60. The first-order chi connectivity index (χ1) is 17.5. The number of likely N-dealkylation sites (tertiary alicyclic amines) is 1. The van der Waals surface area contributed by atoms with Gasteiger partial charge in [0, 0.05) is 26.2 Å². The number of amides is 3. The third-order valence-corrected chi connectivity index (χ3v) is 9.06. The minimum atomic E-state index is -1.10. The van der Waals surface area contributed by atoms with E-state index in [9.17, 15) is 19.5 Å². The predicted octanol–water partition coefficient (Wildman–Crippen LogP) is 3.01. The SMILES string of the molecule is C=CCN(C)C(=O)[C@H]1[C@H]2C(=O)N([C@@H](CO)C(C)C)C(C(=O)N(CC=C)C(C)CCC)C23CC[C@]1(CC)O3. The van der Waals surface area contributed by atoms with Crippen LogP contribution in [-0.2, 0) is 19.1 Å². The zero-order valence-corrected chi connectivity index (χ0v) is 23.6. The molecule has 2 bridgehead atoms. The summed E-state index contributed by atoms with van der Waals surface area (Å²) in [6, 6.07) is -1.51. The van der Waals surface area contributed by atoms with Gasteiger partial charge in [0.1, 0.15) is 11.6 Å². The van der Waals surface area contributed by atoms with Crippen molar-refractivity contribution in [3.8, 4) is 0 Å². The maximum absolute atomic E-state index is 14.5. The third-order valence-electron chi connectivity index (χ3n) is 9.06. The number of carbonyl (C=O) groups is 3. The van der Waals surface area contributed by atoms with E-state index in [0.717, 1.165) is 12.8 Å². The lowest BCUT2D eigenvalue weighted by Gasteiger charge is -2.42. The number of rotatable bonds is 13. The molecule has 0 radical (unpaired) electrons. The molecular formula is C29H47N3O5. The van der Waals surface area contributed by atoms with Crippen molar-refractivity contribution in [2.75, 3.05) is 26.7 Å². The van der Waals surface area contributed by atoms with E-state index < -0.39 is 35.1 Å². The molecule has 1 spiro atoms. The van der Waals surface area contributed by atoms with Gasteiger partial charge in [-0.1, -0.05) is 46.3 Å². The molecule has 0 aromatic rings. The summed E-state index contributed by atoms with van der Waals surface area (Å²) in [6.07, 6.45) is 6.82. The molecule has 0 aromatic heterocycles. The van der Waals surface area contributed by atoms with Crippen LogP contribution in [0.15, 0.2) is 25.3 Å². The molecule has 3 rings (SSSR count).